The van der Waals surface area contributed by atoms with Crippen LogP contribution in [0.1, 0.15) is 51.8 Å². The molecule has 0 fully saturated rings. The van der Waals surface area contributed by atoms with Crippen LogP contribution in [0.3, 0.4) is 0 Å². The van der Waals surface area contributed by atoms with Crippen molar-refractivity contribution in [3.8, 4) is 11.5 Å². The SMILES string of the molecule is CCOc1ccc(C(C)NC(=O)COc2ccc(C(C)(C)C)cc2Br)cc1. The Labute approximate surface area is 170 Å². The summed E-state index contributed by atoms with van der Waals surface area (Å²) in [6.07, 6.45) is 0. The van der Waals surface area contributed by atoms with E-state index in [1.807, 2.05) is 56.3 Å². The molecule has 146 valence electrons. The lowest BCUT2D eigenvalue weighted by Crippen LogP contribution is -2.31. The molecular formula is C22H28BrNO3. The van der Waals surface area contributed by atoms with Crippen LogP contribution in [0.2, 0.25) is 0 Å². The van der Waals surface area contributed by atoms with Crippen LogP contribution in [0.5, 0.6) is 11.5 Å². The zero-order valence-electron chi connectivity index (χ0n) is 16.6. The molecule has 0 spiro atoms. The van der Waals surface area contributed by atoms with E-state index in [9.17, 15) is 4.79 Å². The Morgan fingerprint density at radius 1 is 1.11 bits per heavy atom. The van der Waals surface area contributed by atoms with Crippen LogP contribution in [0.25, 0.3) is 0 Å². The average Bonchev–Trinajstić information content (AvgIpc) is 2.60. The van der Waals surface area contributed by atoms with Crippen LogP contribution in [0.4, 0.5) is 0 Å². The van der Waals surface area contributed by atoms with Crippen molar-refractivity contribution in [2.24, 2.45) is 0 Å². The number of benzene rings is 2. The molecular weight excluding hydrogens is 406 g/mol. The first-order chi connectivity index (χ1) is 12.7. The first-order valence-electron chi connectivity index (χ1n) is 9.15. The molecule has 4 nitrogen and oxygen atoms in total. The van der Waals surface area contributed by atoms with Crippen molar-refractivity contribution in [3.63, 3.8) is 0 Å². The highest BCUT2D eigenvalue weighted by Crippen LogP contribution is 2.31. The molecule has 0 aromatic heterocycles. The van der Waals surface area contributed by atoms with Crippen molar-refractivity contribution in [2.75, 3.05) is 13.2 Å². The molecule has 2 aromatic rings. The summed E-state index contributed by atoms with van der Waals surface area (Å²) in [5.74, 6) is 1.32. The second kappa shape index (κ2) is 9.27. The molecule has 2 aromatic carbocycles. The van der Waals surface area contributed by atoms with Gasteiger partial charge in [-0.1, -0.05) is 39.0 Å². The number of rotatable bonds is 7. The molecule has 0 bridgehead atoms. The van der Waals surface area contributed by atoms with E-state index in [2.05, 4.69) is 42.0 Å². The van der Waals surface area contributed by atoms with Gasteiger partial charge in [0, 0.05) is 0 Å². The molecule has 27 heavy (non-hydrogen) atoms. The Kier molecular flexibility index (Phi) is 7.31. The minimum atomic E-state index is -0.164. The van der Waals surface area contributed by atoms with Crippen molar-refractivity contribution in [2.45, 2.75) is 46.1 Å². The first-order valence-corrected chi connectivity index (χ1v) is 9.95. The largest absolute Gasteiger partial charge is 0.494 e. The third-order valence-electron chi connectivity index (χ3n) is 4.23. The van der Waals surface area contributed by atoms with Gasteiger partial charge in [-0.15, -0.1) is 0 Å². The Morgan fingerprint density at radius 2 is 1.78 bits per heavy atom. The minimum Gasteiger partial charge on any atom is -0.494 e. The van der Waals surface area contributed by atoms with E-state index in [4.69, 9.17) is 9.47 Å². The monoisotopic (exact) mass is 433 g/mol. The number of nitrogens with one attached hydrogen (secondary N) is 1. The van der Waals surface area contributed by atoms with Gasteiger partial charge in [0.2, 0.25) is 0 Å². The van der Waals surface area contributed by atoms with E-state index >= 15 is 0 Å². The van der Waals surface area contributed by atoms with Gasteiger partial charge < -0.3 is 14.8 Å². The smallest absolute Gasteiger partial charge is 0.258 e. The van der Waals surface area contributed by atoms with Gasteiger partial charge >= 0.3 is 0 Å². The fourth-order valence-corrected chi connectivity index (χ4v) is 3.11. The number of carbonyl (C=O) groups excluding carboxylic acids is 1. The van der Waals surface area contributed by atoms with Gasteiger partial charge in [0.15, 0.2) is 6.61 Å². The highest BCUT2D eigenvalue weighted by atomic mass is 79.9. The summed E-state index contributed by atoms with van der Waals surface area (Å²) in [5.41, 5.74) is 2.28. The van der Waals surface area contributed by atoms with Crippen LogP contribution in [-0.4, -0.2) is 19.1 Å². The van der Waals surface area contributed by atoms with E-state index in [1.54, 1.807) is 0 Å². The van der Waals surface area contributed by atoms with Gasteiger partial charge in [-0.2, -0.15) is 0 Å². The van der Waals surface area contributed by atoms with Crippen molar-refractivity contribution in [3.05, 3.63) is 58.1 Å². The number of amides is 1. The summed E-state index contributed by atoms with van der Waals surface area (Å²) >= 11 is 3.53. The number of hydrogen-bond donors (Lipinski definition) is 1. The molecule has 0 radical (unpaired) electrons. The molecule has 1 atom stereocenters. The van der Waals surface area contributed by atoms with Crippen LogP contribution in [0, 0.1) is 0 Å². The van der Waals surface area contributed by atoms with E-state index in [1.165, 1.54) is 5.56 Å². The van der Waals surface area contributed by atoms with Crippen LogP contribution < -0.4 is 14.8 Å². The van der Waals surface area contributed by atoms with Crippen LogP contribution >= 0.6 is 15.9 Å². The van der Waals surface area contributed by atoms with E-state index in [0.717, 1.165) is 15.8 Å². The number of ether oxygens (including phenoxy) is 2. The summed E-state index contributed by atoms with van der Waals surface area (Å²) in [4.78, 5) is 12.2. The number of halogens is 1. The standard InChI is InChI=1S/C22H28BrNO3/c1-6-26-18-10-7-16(8-11-18)15(2)24-21(25)14-27-20-12-9-17(13-19(20)23)22(3,4)5/h7-13,15H,6,14H2,1-5H3,(H,24,25). The maximum absolute atomic E-state index is 12.2. The fraction of sp³-hybridized carbons (Fsp3) is 0.409. The Hall–Kier alpha value is -2.01. The zero-order chi connectivity index (χ0) is 20.0. The molecule has 0 aliphatic rings. The van der Waals surface area contributed by atoms with Crippen LogP contribution in [-0.2, 0) is 10.2 Å². The van der Waals surface area contributed by atoms with Gasteiger partial charge in [-0.3, -0.25) is 4.79 Å². The van der Waals surface area contributed by atoms with Gasteiger partial charge in [0.1, 0.15) is 11.5 Å². The quantitative estimate of drug-likeness (QED) is 0.635. The third kappa shape index (κ3) is 6.28. The predicted octanol–water partition coefficient (Wildman–Crippen LogP) is 5.40. The van der Waals surface area contributed by atoms with Crippen molar-refractivity contribution < 1.29 is 14.3 Å². The first kappa shape index (κ1) is 21.3. The Bertz CT molecular complexity index is 766. The van der Waals surface area contributed by atoms with Crippen molar-refractivity contribution in [1.29, 1.82) is 0 Å². The highest BCUT2D eigenvalue weighted by Gasteiger charge is 2.16. The average molecular weight is 434 g/mol. The fourth-order valence-electron chi connectivity index (χ4n) is 2.61. The second-order valence-corrected chi connectivity index (χ2v) is 8.33. The van der Waals surface area contributed by atoms with Gasteiger partial charge in [0.05, 0.1) is 17.1 Å². The minimum absolute atomic E-state index is 0.0329. The summed E-state index contributed by atoms with van der Waals surface area (Å²) in [6, 6.07) is 13.6. The van der Waals surface area contributed by atoms with Gasteiger partial charge in [-0.05, 0) is 70.6 Å². The number of carbonyl (C=O) groups is 1. The molecule has 1 N–H and O–H groups in total. The molecule has 0 saturated carbocycles. The van der Waals surface area contributed by atoms with E-state index in [0.29, 0.717) is 12.4 Å². The molecule has 0 saturated heterocycles. The second-order valence-electron chi connectivity index (χ2n) is 7.48. The maximum Gasteiger partial charge on any atom is 0.258 e. The third-order valence-corrected chi connectivity index (χ3v) is 4.84. The summed E-state index contributed by atoms with van der Waals surface area (Å²) in [5, 5.41) is 2.95. The lowest BCUT2D eigenvalue weighted by atomic mass is 9.87. The Balaban J connectivity index is 1.90. The maximum atomic E-state index is 12.2. The topological polar surface area (TPSA) is 47.6 Å². The van der Waals surface area contributed by atoms with E-state index < -0.39 is 0 Å². The molecule has 1 unspecified atom stereocenters. The molecule has 5 heteroatoms. The summed E-state index contributed by atoms with van der Waals surface area (Å²) < 4.78 is 12.0. The number of hydrogen-bond acceptors (Lipinski definition) is 3. The lowest BCUT2D eigenvalue weighted by Gasteiger charge is -2.20. The Morgan fingerprint density at radius 3 is 2.33 bits per heavy atom. The molecule has 2 rings (SSSR count). The van der Waals surface area contributed by atoms with Crippen molar-refractivity contribution in [1.82, 2.24) is 5.32 Å². The predicted molar refractivity (Wildman–Crippen MR) is 113 cm³/mol. The normalized spacial score (nSPS) is 12.4. The van der Waals surface area contributed by atoms with Crippen molar-refractivity contribution >= 4 is 21.8 Å². The van der Waals surface area contributed by atoms with Gasteiger partial charge in [-0.25, -0.2) is 0 Å². The lowest BCUT2D eigenvalue weighted by molar-refractivity contribution is -0.123. The summed E-state index contributed by atoms with van der Waals surface area (Å²) in [6.45, 7) is 11.0. The van der Waals surface area contributed by atoms with Gasteiger partial charge in [0.25, 0.3) is 5.91 Å². The molecule has 0 aliphatic carbocycles. The van der Waals surface area contributed by atoms with Crippen LogP contribution in [0.15, 0.2) is 46.9 Å². The highest BCUT2D eigenvalue weighted by molar-refractivity contribution is 9.10. The summed E-state index contributed by atoms with van der Waals surface area (Å²) in [7, 11) is 0. The molecule has 0 heterocycles. The molecule has 1 amide bonds. The van der Waals surface area contributed by atoms with E-state index in [-0.39, 0.29) is 24.0 Å². The molecule has 0 aliphatic heterocycles. The zero-order valence-corrected chi connectivity index (χ0v) is 18.2.